The van der Waals surface area contributed by atoms with Crippen molar-refractivity contribution in [1.82, 2.24) is 10.2 Å². The van der Waals surface area contributed by atoms with Gasteiger partial charge >= 0.3 is 0 Å². The van der Waals surface area contributed by atoms with Gasteiger partial charge in [-0.05, 0) is 68.9 Å². The first-order valence-electron chi connectivity index (χ1n) is 12.7. The first kappa shape index (κ1) is 29.4. The molecule has 0 heterocycles. The van der Waals surface area contributed by atoms with Crippen molar-refractivity contribution >= 4 is 27.5 Å². The maximum absolute atomic E-state index is 13.3. The fourth-order valence-corrected chi connectivity index (χ4v) is 5.15. The molecule has 1 atom stereocenters. The number of hydrogen-bond donors (Lipinski definition) is 1. The van der Waals surface area contributed by atoms with Crippen molar-refractivity contribution in [3.8, 4) is 0 Å². The Labute approximate surface area is 216 Å². The van der Waals surface area contributed by atoms with E-state index < -0.39 is 16.1 Å². The van der Waals surface area contributed by atoms with E-state index in [9.17, 15) is 18.0 Å². The van der Waals surface area contributed by atoms with Gasteiger partial charge in [0.1, 0.15) is 6.04 Å². The molecule has 2 rings (SSSR count). The van der Waals surface area contributed by atoms with Gasteiger partial charge in [-0.15, -0.1) is 0 Å². The Morgan fingerprint density at radius 2 is 1.61 bits per heavy atom. The van der Waals surface area contributed by atoms with Crippen LogP contribution in [0.25, 0.3) is 0 Å². The van der Waals surface area contributed by atoms with Crippen LogP contribution in [0.1, 0.15) is 56.2 Å². The van der Waals surface area contributed by atoms with Gasteiger partial charge in [0.15, 0.2) is 0 Å². The maximum Gasteiger partial charge on any atom is 0.242 e. The van der Waals surface area contributed by atoms with E-state index in [0.29, 0.717) is 31.6 Å². The molecular formula is C28H41N3O4S. The molecule has 0 saturated carbocycles. The second kappa shape index (κ2) is 14.0. The Balaban J connectivity index is 2.11. The third-order valence-corrected chi connectivity index (χ3v) is 7.32. The first-order valence-corrected chi connectivity index (χ1v) is 14.5. The Morgan fingerprint density at radius 1 is 0.972 bits per heavy atom. The molecule has 0 aliphatic carbocycles. The van der Waals surface area contributed by atoms with Crippen molar-refractivity contribution < 1.29 is 18.0 Å². The minimum atomic E-state index is -3.51. The molecule has 36 heavy (non-hydrogen) atoms. The van der Waals surface area contributed by atoms with Crippen LogP contribution in [0, 0.1) is 13.8 Å². The molecule has 2 aromatic carbocycles. The molecule has 0 fully saturated rings. The lowest BCUT2D eigenvalue weighted by Gasteiger charge is -2.29. The third kappa shape index (κ3) is 9.30. The first-order chi connectivity index (χ1) is 17.0. The van der Waals surface area contributed by atoms with E-state index in [1.165, 1.54) is 10.6 Å². The number of carbonyl (C=O) groups excluding carboxylic acids is 2. The van der Waals surface area contributed by atoms with Gasteiger partial charge in [0.2, 0.25) is 21.8 Å². The third-order valence-electron chi connectivity index (χ3n) is 6.13. The molecule has 1 N–H and O–H groups in total. The van der Waals surface area contributed by atoms with Gasteiger partial charge in [0, 0.05) is 26.1 Å². The van der Waals surface area contributed by atoms with Crippen LogP contribution in [-0.4, -0.2) is 57.1 Å². The highest BCUT2D eigenvalue weighted by Gasteiger charge is 2.26. The summed E-state index contributed by atoms with van der Waals surface area (Å²) in [5.74, 6) is -0.323. The standard InChI is InChI=1S/C28H41N3O4S/c1-6-7-16-29-28(33)24(4)30(18-15-25-12-9-8-10-13-25)27(32)14-11-17-31(36(5,34)35)26-20-22(2)19-23(3)21-26/h8-10,12-13,19-21,24H,6-7,11,14-18H2,1-5H3,(H,29,33)/t24-/m1/s1. The molecule has 8 heteroatoms. The molecule has 0 aromatic heterocycles. The van der Waals surface area contributed by atoms with Crippen molar-refractivity contribution in [2.24, 2.45) is 0 Å². The van der Waals surface area contributed by atoms with Gasteiger partial charge in [-0.1, -0.05) is 49.7 Å². The second-order valence-electron chi connectivity index (χ2n) is 9.43. The fourth-order valence-electron chi connectivity index (χ4n) is 4.20. The van der Waals surface area contributed by atoms with E-state index in [1.807, 2.05) is 62.4 Å². The van der Waals surface area contributed by atoms with Crippen LogP contribution < -0.4 is 9.62 Å². The lowest BCUT2D eigenvalue weighted by atomic mass is 10.1. The number of unbranched alkanes of at least 4 members (excludes halogenated alkanes) is 1. The molecule has 0 spiro atoms. The zero-order chi connectivity index (χ0) is 26.7. The summed E-state index contributed by atoms with van der Waals surface area (Å²) in [4.78, 5) is 27.7. The minimum Gasteiger partial charge on any atom is -0.354 e. The van der Waals surface area contributed by atoms with E-state index >= 15 is 0 Å². The lowest BCUT2D eigenvalue weighted by Crippen LogP contribution is -2.49. The quantitative estimate of drug-likeness (QED) is 0.382. The number of benzene rings is 2. The summed E-state index contributed by atoms with van der Waals surface area (Å²) >= 11 is 0. The molecule has 0 radical (unpaired) electrons. The summed E-state index contributed by atoms with van der Waals surface area (Å²) in [5.41, 5.74) is 3.65. The van der Waals surface area contributed by atoms with Crippen molar-refractivity contribution in [1.29, 1.82) is 0 Å². The SMILES string of the molecule is CCCCNC(=O)[C@@H](C)N(CCc1ccccc1)C(=O)CCCN(c1cc(C)cc(C)c1)S(C)(=O)=O. The fraction of sp³-hybridized carbons (Fsp3) is 0.500. The number of nitrogens with zero attached hydrogens (tertiary/aromatic N) is 2. The predicted octanol–water partition coefficient (Wildman–Crippen LogP) is 4.23. The molecule has 2 aromatic rings. The van der Waals surface area contributed by atoms with Crippen LogP contribution in [0.5, 0.6) is 0 Å². The van der Waals surface area contributed by atoms with Crippen LogP contribution in [-0.2, 0) is 26.0 Å². The second-order valence-corrected chi connectivity index (χ2v) is 11.3. The van der Waals surface area contributed by atoms with Crippen molar-refractivity contribution in [3.63, 3.8) is 0 Å². The molecule has 0 unspecified atom stereocenters. The number of anilines is 1. The highest BCUT2D eigenvalue weighted by atomic mass is 32.2. The number of carbonyl (C=O) groups is 2. The van der Waals surface area contributed by atoms with Gasteiger partial charge in [-0.2, -0.15) is 0 Å². The van der Waals surface area contributed by atoms with Gasteiger partial charge in [-0.25, -0.2) is 8.42 Å². The maximum atomic E-state index is 13.3. The topological polar surface area (TPSA) is 86.8 Å². The summed E-state index contributed by atoms with van der Waals surface area (Å²) in [6, 6.07) is 14.9. The monoisotopic (exact) mass is 515 g/mol. The molecular weight excluding hydrogens is 474 g/mol. The number of nitrogens with one attached hydrogen (secondary N) is 1. The Hall–Kier alpha value is -2.87. The van der Waals surface area contributed by atoms with Crippen LogP contribution in [0.2, 0.25) is 0 Å². The van der Waals surface area contributed by atoms with Crippen molar-refractivity contribution in [3.05, 3.63) is 65.2 Å². The van der Waals surface area contributed by atoms with Crippen LogP contribution in [0.3, 0.4) is 0 Å². The smallest absolute Gasteiger partial charge is 0.242 e. The summed E-state index contributed by atoms with van der Waals surface area (Å²) in [7, 11) is -3.51. The Kier molecular flexibility index (Phi) is 11.4. The Bertz CT molecular complexity index is 1080. The van der Waals surface area contributed by atoms with Gasteiger partial charge in [-0.3, -0.25) is 13.9 Å². The summed E-state index contributed by atoms with van der Waals surface area (Å²) in [5, 5.41) is 2.92. The number of rotatable bonds is 14. The summed E-state index contributed by atoms with van der Waals surface area (Å²) in [6.45, 7) is 8.86. The summed E-state index contributed by atoms with van der Waals surface area (Å²) in [6.07, 6.45) is 4.18. The Morgan fingerprint density at radius 3 is 2.19 bits per heavy atom. The summed E-state index contributed by atoms with van der Waals surface area (Å²) < 4.78 is 26.4. The number of sulfonamides is 1. The number of amides is 2. The zero-order valence-electron chi connectivity index (χ0n) is 22.3. The number of aryl methyl sites for hydroxylation is 2. The van der Waals surface area contributed by atoms with Crippen LogP contribution in [0.4, 0.5) is 5.69 Å². The predicted molar refractivity (Wildman–Crippen MR) is 147 cm³/mol. The minimum absolute atomic E-state index is 0.151. The number of hydrogen-bond acceptors (Lipinski definition) is 4. The average Bonchev–Trinajstić information content (AvgIpc) is 2.81. The van der Waals surface area contributed by atoms with E-state index in [0.717, 1.165) is 29.5 Å². The van der Waals surface area contributed by atoms with Crippen molar-refractivity contribution in [2.45, 2.75) is 65.8 Å². The van der Waals surface area contributed by atoms with E-state index in [4.69, 9.17) is 0 Å². The molecule has 0 saturated heterocycles. The lowest BCUT2D eigenvalue weighted by molar-refractivity contribution is -0.139. The zero-order valence-corrected chi connectivity index (χ0v) is 23.1. The van der Waals surface area contributed by atoms with E-state index in [-0.39, 0.29) is 24.8 Å². The van der Waals surface area contributed by atoms with E-state index in [2.05, 4.69) is 12.2 Å². The van der Waals surface area contributed by atoms with Gasteiger partial charge in [0.05, 0.1) is 11.9 Å². The molecule has 0 aliphatic heterocycles. The van der Waals surface area contributed by atoms with Crippen LogP contribution in [0.15, 0.2) is 48.5 Å². The molecule has 0 bridgehead atoms. The van der Waals surface area contributed by atoms with Crippen LogP contribution >= 0.6 is 0 Å². The molecule has 0 aliphatic rings. The normalized spacial score (nSPS) is 12.1. The van der Waals surface area contributed by atoms with E-state index in [1.54, 1.807) is 11.8 Å². The van der Waals surface area contributed by atoms with Crippen molar-refractivity contribution in [2.75, 3.05) is 30.2 Å². The molecule has 7 nitrogen and oxygen atoms in total. The largest absolute Gasteiger partial charge is 0.354 e. The van der Waals surface area contributed by atoms with Gasteiger partial charge < -0.3 is 10.2 Å². The average molecular weight is 516 g/mol. The molecule has 198 valence electrons. The molecule has 2 amide bonds. The van der Waals surface area contributed by atoms with Gasteiger partial charge in [0.25, 0.3) is 0 Å². The highest BCUT2D eigenvalue weighted by Crippen LogP contribution is 2.22. The highest BCUT2D eigenvalue weighted by molar-refractivity contribution is 7.92.